The summed E-state index contributed by atoms with van der Waals surface area (Å²) < 4.78 is 0. The van der Waals surface area contributed by atoms with Gasteiger partial charge in [-0.2, -0.15) is 0 Å². The number of benzene rings is 1. The predicted octanol–water partition coefficient (Wildman–Crippen LogP) is 4.79. The van der Waals surface area contributed by atoms with Crippen LogP contribution in [0.3, 0.4) is 0 Å². The van der Waals surface area contributed by atoms with Crippen LogP contribution in [0, 0.1) is 0 Å². The normalized spacial score (nSPS) is 11.8. The van der Waals surface area contributed by atoms with Crippen LogP contribution in [0.4, 0.5) is 0 Å². The van der Waals surface area contributed by atoms with Crippen LogP contribution in [0.25, 0.3) is 0 Å². The van der Waals surface area contributed by atoms with Gasteiger partial charge >= 0.3 is 0 Å². The summed E-state index contributed by atoms with van der Waals surface area (Å²) in [6.45, 7) is 6.36. The van der Waals surface area contributed by atoms with E-state index in [1.165, 1.54) is 18.4 Å². The van der Waals surface area contributed by atoms with E-state index in [1.807, 2.05) is 37.3 Å². The quantitative estimate of drug-likeness (QED) is 0.713. The van der Waals surface area contributed by atoms with Gasteiger partial charge in [0.1, 0.15) is 0 Å². The molecule has 0 amide bonds. The van der Waals surface area contributed by atoms with E-state index in [9.17, 15) is 5.11 Å². The van der Waals surface area contributed by atoms with Crippen molar-refractivity contribution in [2.45, 2.75) is 52.6 Å². The highest BCUT2D eigenvalue weighted by Crippen LogP contribution is 2.20. The van der Waals surface area contributed by atoms with Crippen molar-refractivity contribution < 1.29 is 5.11 Å². The van der Waals surface area contributed by atoms with E-state index in [-0.39, 0.29) is 0 Å². The largest absolute Gasteiger partial charge is 0.388 e. The first kappa shape index (κ1) is 14.8. The molecule has 0 aliphatic rings. The van der Waals surface area contributed by atoms with Crippen LogP contribution in [-0.4, -0.2) is 5.11 Å². The van der Waals surface area contributed by atoms with Gasteiger partial charge in [-0.15, -0.1) is 5.73 Å². The van der Waals surface area contributed by atoms with Gasteiger partial charge in [0.2, 0.25) is 0 Å². The summed E-state index contributed by atoms with van der Waals surface area (Å²) in [5, 5.41) is 10.1. The molecule has 0 heterocycles. The van der Waals surface area contributed by atoms with Crippen molar-refractivity contribution in [3.05, 3.63) is 52.8 Å². The third-order valence-corrected chi connectivity index (χ3v) is 3.02. The highest BCUT2D eigenvalue weighted by atomic mass is 16.3. The van der Waals surface area contributed by atoms with Crippen molar-refractivity contribution in [1.82, 2.24) is 0 Å². The third-order valence-electron chi connectivity index (χ3n) is 3.02. The van der Waals surface area contributed by atoms with Gasteiger partial charge in [-0.25, -0.2) is 0 Å². The molecule has 1 aromatic rings. The van der Waals surface area contributed by atoms with Gasteiger partial charge in [-0.05, 0) is 43.4 Å². The standard InChI is InChI=1S/C17H24O/c1-4-5-9-14(2)12-15(3)13-17(18)16-10-7-6-8-11-16/h6-8,10-11,17-18H,4-5,9,13H2,1-3H3. The topological polar surface area (TPSA) is 20.2 Å². The molecule has 0 bridgehead atoms. The average Bonchev–Trinajstić information content (AvgIpc) is 2.37. The van der Waals surface area contributed by atoms with Crippen LogP contribution in [0.2, 0.25) is 0 Å². The maximum Gasteiger partial charge on any atom is 0.0833 e. The van der Waals surface area contributed by atoms with Gasteiger partial charge in [0.25, 0.3) is 0 Å². The van der Waals surface area contributed by atoms with Gasteiger partial charge in [0, 0.05) is 6.42 Å². The van der Waals surface area contributed by atoms with Crippen LogP contribution in [0.5, 0.6) is 0 Å². The highest BCUT2D eigenvalue weighted by Gasteiger charge is 2.06. The van der Waals surface area contributed by atoms with Crippen molar-refractivity contribution in [3.63, 3.8) is 0 Å². The monoisotopic (exact) mass is 244 g/mol. The molecule has 0 saturated heterocycles. The Balaban J connectivity index is 2.64. The lowest BCUT2D eigenvalue weighted by atomic mass is 10.0. The molecular formula is C17H24O. The third kappa shape index (κ3) is 5.35. The molecule has 1 atom stereocenters. The maximum atomic E-state index is 10.1. The van der Waals surface area contributed by atoms with E-state index in [4.69, 9.17) is 0 Å². The Kier molecular flexibility index (Phi) is 6.49. The Bertz CT molecular complexity index is 410. The zero-order valence-corrected chi connectivity index (χ0v) is 11.7. The number of hydrogen-bond acceptors (Lipinski definition) is 1. The summed E-state index contributed by atoms with van der Waals surface area (Å²) in [4.78, 5) is 0. The van der Waals surface area contributed by atoms with Crippen molar-refractivity contribution in [2.24, 2.45) is 0 Å². The molecule has 1 heteroatoms. The number of aliphatic hydroxyl groups excluding tert-OH is 1. The minimum absolute atomic E-state index is 0.419. The summed E-state index contributed by atoms with van der Waals surface area (Å²) in [6, 6.07) is 9.81. The first-order valence-electron chi connectivity index (χ1n) is 6.78. The summed E-state index contributed by atoms with van der Waals surface area (Å²) in [5.74, 6) is 0. The Morgan fingerprint density at radius 1 is 1.17 bits per heavy atom. The summed E-state index contributed by atoms with van der Waals surface area (Å²) >= 11 is 0. The number of unbranched alkanes of at least 4 members (excludes halogenated alkanes) is 1. The molecule has 1 N–H and O–H groups in total. The molecule has 1 rings (SSSR count). The van der Waals surface area contributed by atoms with Crippen molar-refractivity contribution >= 4 is 0 Å². The van der Waals surface area contributed by atoms with Crippen LogP contribution in [0.1, 0.15) is 58.1 Å². The molecular weight excluding hydrogens is 220 g/mol. The fourth-order valence-corrected chi connectivity index (χ4v) is 2.00. The Morgan fingerprint density at radius 2 is 1.83 bits per heavy atom. The van der Waals surface area contributed by atoms with Crippen LogP contribution < -0.4 is 0 Å². The Morgan fingerprint density at radius 3 is 2.44 bits per heavy atom. The van der Waals surface area contributed by atoms with Gasteiger partial charge in [0.05, 0.1) is 6.10 Å². The molecule has 1 aromatic carbocycles. The molecule has 0 spiro atoms. The second-order valence-corrected chi connectivity index (χ2v) is 4.92. The molecule has 0 fully saturated rings. The molecule has 1 unspecified atom stereocenters. The first-order chi connectivity index (χ1) is 8.63. The highest BCUT2D eigenvalue weighted by molar-refractivity contribution is 5.19. The van der Waals surface area contributed by atoms with E-state index < -0.39 is 6.10 Å². The Labute approximate surface area is 111 Å². The lowest BCUT2D eigenvalue weighted by Gasteiger charge is -2.10. The second kappa shape index (κ2) is 7.92. The molecule has 0 aliphatic carbocycles. The van der Waals surface area contributed by atoms with Crippen molar-refractivity contribution in [2.75, 3.05) is 0 Å². The van der Waals surface area contributed by atoms with Crippen molar-refractivity contribution in [1.29, 1.82) is 0 Å². The predicted molar refractivity (Wildman–Crippen MR) is 77.4 cm³/mol. The lowest BCUT2D eigenvalue weighted by Crippen LogP contribution is -1.97. The van der Waals surface area contributed by atoms with E-state index in [1.54, 1.807) is 0 Å². The van der Waals surface area contributed by atoms with E-state index in [0.29, 0.717) is 6.42 Å². The fourth-order valence-electron chi connectivity index (χ4n) is 2.00. The summed E-state index contributed by atoms with van der Waals surface area (Å²) in [7, 11) is 0. The average molecular weight is 244 g/mol. The van der Waals surface area contributed by atoms with Crippen molar-refractivity contribution in [3.8, 4) is 0 Å². The number of rotatable bonds is 6. The molecule has 0 aromatic heterocycles. The molecule has 1 nitrogen and oxygen atoms in total. The van der Waals surface area contributed by atoms with Crippen LogP contribution >= 0.6 is 0 Å². The van der Waals surface area contributed by atoms with Gasteiger partial charge in [0.15, 0.2) is 0 Å². The molecule has 0 saturated carbocycles. The number of aliphatic hydroxyl groups is 1. The SMILES string of the molecule is CCCCC(C)=C=C(C)CC(O)c1ccccc1. The zero-order chi connectivity index (χ0) is 13.4. The molecule has 18 heavy (non-hydrogen) atoms. The molecule has 0 radical (unpaired) electrons. The maximum absolute atomic E-state index is 10.1. The summed E-state index contributed by atoms with van der Waals surface area (Å²) in [5.41, 5.74) is 6.78. The minimum atomic E-state index is -0.419. The minimum Gasteiger partial charge on any atom is -0.388 e. The summed E-state index contributed by atoms with van der Waals surface area (Å²) in [6.07, 6.45) is 3.78. The molecule has 98 valence electrons. The Hall–Kier alpha value is -1.30. The second-order valence-electron chi connectivity index (χ2n) is 4.92. The van der Waals surface area contributed by atoms with Crippen LogP contribution in [-0.2, 0) is 0 Å². The van der Waals surface area contributed by atoms with Gasteiger partial charge in [-0.1, -0.05) is 43.7 Å². The molecule has 0 aliphatic heterocycles. The van der Waals surface area contributed by atoms with E-state index >= 15 is 0 Å². The number of hydrogen-bond donors (Lipinski definition) is 1. The van der Waals surface area contributed by atoms with Gasteiger partial charge < -0.3 is 5.11 Å². The first-order valence-corrected chi connectivity index (χ1v) is 6.78. The van der Waals surface area contributed by atoms with E-state index in [0.717, 1.165) is 17.6 Å². The zero-order valence-electron chi connectivity index (χ0n) is 11.7. The fraction of sp³-hybridized carbons (Fsp3) is 0.471. The lowest BCUT2D eigenvalue weighted by molar-refractivity contribution is 0.178. The van der Waals surface area contributed by atoms with E-state index in [2.05, 4.69) is 19.6 Å². The van der Waals surface area contributed by atoms with Crippen LogP contribution in [0.15, 0.2) is 47.2 Å². The van der Waals surface area contributed by atoms with Gasteiger partial charge in [-0.3, -0.25) is 0 Å². The smallest absolute Gasteiger partial charge is 0.0833 e.